The Morgan fingerprint density at radius 2 is 2.38 bits per heavy atom. The molecule has 1 aliphatic heterocycles. The van der Waals surface area contributed by atoms with Gasteiger partial charge in [-0.3, -0.25) is 9.59 Å². The molecule has 0 saturated carbocycles. The molecular weight excluding hydrogens is 174 g/mol. The lowest BCUT2D eigenvalue weighted by atomic mass is 9.88. The zero-order chi connectivity index (χ0) is 9.84. The normalized spacial score (nSPS) is 25.8. The van der Waals surface area contributed by atoms with E-state index in [9.17, 15) is 14.4 Å². The Morgan fingerprint density at radius 1 is 1.69 bits per heavy atom. The van der Waals surface area contributed by atoms with Gasteiger partial charge in [0.1, 0.15) is 6.29 Å². The number of carbonyl (C=O) groups excluding carboxylic acids is 3. The van der Waals surface area contributed by atoms with Crippen LogP contribution in [0.5, 0.6) is 0 Å². The maximum absolute atomic E-state index is 10.9. The molecule has 0 spiro atoms. The largest absolute Gasteiger partial charge is 0.466 e. The van der Waals surface area contributed by atoms with Crippen LogP contribution in [0, 0.1) is 5.92 Å². The van der Waals surface area contributed by atoms with Crippen molar-refractivity contribution in [1.82, 2.24) is 5.32 Å². The topological polar surface area (TPSA) is 72.5 Å². The average molecular weight is 185 g/mol. The quantitative estimate of drug-likeness (QED) is 0.355. The predicted octanol–water partition coefficient (Wildman–Crippen LogP) is -0.747. The van der Waals surface area contributed by atoms with Gasteiger partial charge in [-0.1, -0.05) is 0 Å². The molecule has 0 aromatic rings. The second-order valence-corrected chi connectivity index (χ2v) is 2.79. The first-order chi connectivity index (χ1) is 6.19. The van der Waals surface area contributed by atoms with E-state index >= 15 is 0 Å². The smallest absolute Gasteiger partial charge is 0.306 e. The van der Waals surface area contributed by atoms with E-state index in [4.69, 9.17) is 0 Å². The predicted molar refractivity (Wildman–Crippen MR) is 42.7 cm³/mol. The second-order valence-electron chi connectivity index (χ2n) is 2.79. The summed E-state index contributed by atoms with van der Waals surface area (Å²) in [7, 11) is 0. The number of hydrogen-bond acceptors (Lipinski definition) is 4. The van der Waals surface area contributed by atoms with Crippen LogP contribution < -0.4 is 5.32 Å². The van der Waals surface area contributed by atoms with Crippen molar-refractivity contribution in [2.45, 2.75) is 19.4 Å². The van der Waals surface area contributed by atoms with Crippen LogP contribution in [0.2, 0.25) is 0 Å². The minimum absolute atomic E-state index is 0.0108. The summed E-state index contributed by atoms with van der Waals surface area (Å²) in [6.45, 7) is 1.98. The summed E-state index contributed by atoms with van der Waals surface area (Å²) in [4.78, 5) is 32.1. The van der Waals surface area contributed by atoms with Crippen molar-refractivity contribution in [3.63, 3.8) is 0 Å². The van der Waals surface area contributed by atoms with Crippen LogP contribution >= 0.6 is 0 Å². The zero-order valence-electron chi connectivity index (χ0n) is 7.28. The molecule has 0 radical (unpaired) electrons. The van der Waals surface area contributed by atoms with E-state index in [1.165, 1.54) is 0 Å². The molecule has 1 saturated heterocycles. The molecule has 1 N–H and O–H groups in total. The van der Waals surface area contributed by atoms with E-state index in [-0.39, 0.29) is 12.3 Å². The van der Waals surface area contributed by atoms with Crippen molar-refractivity contribution in [3.05, 3.63) is 0 Å². The molecule has 1 heterocycles. The van der Waals surface area contributed by atoms with Crippen LogP contribution in [-0.4, -0.2) is 30.8 Å². The number of esters is 1. The molecule has 1 amide bonds. The minimum Gasteiger partial charge on any atom is -0.466 e. The molecular formula is C8H11NO4. The molecule has 0 bridgehead atoms. The molecule has 1 fully saturated rings. The molecule has 0 aromatic heterocycles. The third-order valence-corrected chi connectivity index (χ3v) is 1.92. The van der Waals surface area contributed by atoms with Gasteiger partial charge in [0, 0.05) is 0 Å². The van der Waals surface area contributed by atoms with Gasteiger partial charge >= 0.3 is 5.97 Å². The highest BCUT2D eigenvalue weighted by Gasteiger charge is 2.40. The number of amides is 1. The van der Waals surface area contributed by atoms with Crippen LogP contribution in [0.15, 0.2) is 0 Å². The van der Waals surface area contributed by atoms with Crippen LogP contribution in [0.1, 0.15) is 13.3 Å². The molecule has 5 nitrogen and oxygen atoms in total. The summed E-state index contributed by atoms with van der Waals surface area (Å²) >= 11 is 0. The number of ether oxygens (including phenoxy) is 1. The van der Waals surface area contributed by atoms with E-state index in [1.807, 2.05) is 0 Å². The van der Waals surface area contributed by atoms with Gasteiger partial charge in [0.2, 0.25) is 5.91 Å². The number of hydrogen-bond donors (Lipinski definition) is 1. The molecule has 0 aromatic carbocycles. The average Bonchev–Trinajstić information content (AvgIpc) is 2.11. The maximum Gasteiger partial charge on any atom is 0.306 e. The van der Waals surface area contributed by atoms with Crippen LogP contribution in [0.25, 0.3) is 0 Å². The van der Waals surface area contributed by atoms with Gasteiger partial charge in [0.05, 0.1) is 25.0 Å². The Morgan fingerprint density at radius 3 is 2.85 bits per heavy atom. The molecule has 1 rings (SSSR count). The highest BCUT2D eigenvalue weighted by Crippen LogP contribution is 2.17. The maximum atomic E-state index is 10.9. The van der Waals surface area contributed by atoms with Gasteiger partial charge < -0.3 is 14.8 Å². The lowest BCUT2D eigenvalue weighted by Crippen LogP contribution is -2.59. The monoisotopic (exact) mass is 185 g/mol. The first-order valence-electron chi connectivity index (χ1n) is 4.10. The van der Waals surface area contributed by atoms with Gasteiger partial charge in [-0.15, -0.1) is 0 Å². The Balaban J connectivity index is 2.39. The summed E-state index contributed by atoms with van der Waals surface area (Å²) in [5.41, 5.74) is 0. The molecule has 72 valence electrons. The summed E-state index contributed by atoms with van der Waals surface area (Å²) < 4.78 is 4.65. The molecule has 2 atom stereocenters. The molecule has 0 unspecified atom stereocenters. The van der Waals surface area contributed by atoms with Gasteiger partial charge in [-0.2, -0.15) is 0 Å². The van der Waals surface area contributed by atoms with Crippen molar-refractivity contribution in [2.75, 3.05) is 6.61 Å². The van der Waals surface area contributed by atoms with E-state index in [0.29, 0.717) is 12.9 Å². The highest BCUT2D eigenvalue weighted by molar-refractivity contribution is 5.95. The van der Waals surface area contributed by atoms with Crippen molar-refractivity contribution in [3.8, 4) is 0 Å². The summed E-state index contributed by atoms with van der Waals surface area (Å²) in [5.74, 6) is -1.23. The van der Waals surface area contributed by atoms with Crippen molar-refractivity contribution in [1.29, 1.82) is 0 Å². The van der Waals surface area contributed by atoms with Gasteiger partial charge in [-0.25, -0.2) is 0 Å². The third kappa shape index (κ3) is 2.05. The fourth-order valence-corrected chi connectivity index (χ4v) is 1.19. The third-order valence-electron chi connectivity index (χ3n) is 1.92. The van der Waals surface area contributed by atoms with Crippen molar-refractivity contribution in [2.24, 2.45) is 5.92 Å². The number of carbonyl (C=O) groups is 3. The summed E-state index contributed by atoms with van der Waals surface area (Å²) in [6.07, 6.45) is 0.619. The standard InChI is InChI=1S/C8H11NO4/c1-2-13-7(11)3-5-6(4-10)9-8(5)12/h4-6H,2-3H2,1H3,(H,9,12)/t5-,6+/m1/s1. The highest BCUT2D eigenvalue weighted by atomic mass is 16.5. The first kappa shape index (κ1) is 9.70. The number of nitrogens with one attached hydrogen (secondary N) is 1. The molecule has 0 aliphatic carbocycles. The zero-order valence-corrected chi connectivity index (χ0v) is 7.28. The lowest BCUT2D eigenvalue weighted by Gasteiger charge is -2.31. The second kappa shape index (κ2) is 4.02. The Labute approximate surface area is 75.4 Å². The Hall–Kier alpha value is -1.39. The Bertz CT molecular complexity index is 238. The van der Waals surface area contributed by atoms with E-state index in [1.54, 1.807) is 6.92 Å². The lowest BCUT2D eigenvalue weighted by molar-refractivity contribution is -0.151. The SMILES string of the molecule is CCOC(=O)C[C@H]1C(=O)N[C@H]1C=O. The van der Waals surface area contributed by atoms with Gasteiger partial charge in [0.25, 0.3) is 0 Å². The minimum atomic E-state index is -0.531. The molecule has 5 heteroatoms. The van der Waals surface area contributed by atoms with Crippen LogP contribution in [0.3, 0.4) is 0 Å². The number of aldehydes is 1. The van der Waals surface area contributed by atoms with E-state index < -0.39 is 17.9 Å². The van der Waals surface area contributed by atoms with Gasteiger partial charge in [0.15, 0.2) is 0 Å². The summed E-state index contributed by atoms with van der Waals surface area (Å²) in [6, 6.07) is -0.517. The van der Waals surface area contributed by atoms with Crippen LogP contribution in [0.4, 0.5) is 0 Å². The summed E-state index contributed by atoms with van der Waals surface area (Å²) in [5, 5.41) is 2.38. The van der Waals surface area contributed by atoms with E-state index in [2.05, 4.69) is 10.1 Å². The number of rotatable bonds is 4. The first-order valence-corrected chi connectivity index (χ1v) is 4.10. The fraction of sp³-hybridized carbons (Fsp3) is 0.625. The van der Waals surface area contributed by atoms with Crippen molar-refractivity contribution >= 4 is 18.2 Å². The molecule has 1 aliphatic rings. The number of β-lactam (4-membered cyclic amide) rings is 1. The van der Waals surface area contributed by atoms with E-state index in [0.717, 1.165) is 0 Å². The fourth-order valence-electron chi connectivity index (χ4n) is 1.19. The van der Waals surface area contributed by atoms with Crippen molar-refractivity contribution < 1.29 is 19.1 Å². The van der Waals surface area contributed by atoms with Crippen LogP contribution in [-0.2, 0) is 19.1 Å². The van der Waals surface area contributed by atoms with Gasteiger partial charge in [-0.05, 0) is 6.92 Å². The Kier molecular flexibility index (Phi) is 3.00. The molecule has 13 heavy (non-hydrogen) atoms.